The van der Waals surface area contributed by atoms with E-state index in [9.17, 15) is 10.1 Å². The lowest BCUT2D eigenvalue weighted by Gasteiger charge is -2.31. The van der Waals surface area contributed by atoms with Gasteiger partial charge in [-0.1, -0.05) is 11.6 Å². The Morgan fingerprint density at radius 1 is 1.30 bits per heavy atom. The zero-order valence-corrected chi connectivity index (χ0v) is 13.5. The van der Waals surface area contributed by atoms with Crippen molar-refractivity contribution in [1.29, 1.82) is 0 Å². The molecule has 1 aliphatic heterocycles. The SMILES string of the molecule is COc1cc2c(cc1Cl)CC(C)OC2c1ccc([N+](=O)[O-])cc1. The number of methoxy groups -OCH3 is 1. The maximum atomic E-state index is 10.8. The molecular weight excluding hydrogens is 318 g/mol. The van der Waals surface area contributed by atoms with E-state index in [-0.39, 0.29) is 17.9 Å². The normalized spacial score (nSPS) is 20.0. The molecule has 5 nitrogen and oxygen atoms in total. The molecule has 2 unspecified atom stereocenters. The number of rotatable bonds is 3. The minimum atomic E-state index is -0.412. The van der Waals surface area contributed by atoms with Crippen LogP contribution in [0, 0.1) is 10.1 Å². The van der Waals surface area contributed by atoms with E-state index < -0.39 is 4.92 Å². The zero-order chi connectivity index (χ0) is 16.6. The number of fused-ring (bicyclic) bond motifs is 1. The first-order valence-corrected chi connectivity index (χ1v) is 7.63. The summed E-state index contributed by atoms with van der Waals surface area (Å²) < 4.78 is 11.4. The van der Waals surface area contributed by atoms with Crippen molar-refractivity contribution in [2.75, 3.05) is 7.11 Å². The van der Waals surface area contributed by atoms with Gasteiger partial charge in [-0.05, 0) is 54.3 Å². The van der Waals surface area contributed by atoms with Gasteiger partial charge in [0.25, 0.3) is 5.69 Å². The Kier molecular flexibility index (Phi) is 4.24. The van der Waals surface area contributed by atoms with E-state index in [1.165, 1.54) is 12.1 Å². The van der Waals surface area contributed by atoms with Gasteiger partial charge >= 0.3 is 0 Å². The Bertz CT molecular complexity index is 745. The molecule has 0 aromatic heterocycles. The molecule has 1 aliphatic rings. The lowest BCUT2D eigenvalue weighted by Crippen LogP contribution is -2.24. The lowest BCUT2D eigenvalue weighted by molar-refractivity contribution is -0.384. The molecule has 1 heterocycles. The number of nitro groups is 1. The Hall–Kier alpha value is -2.11. The maximum absolute atomic E-state index is 10.8. The van der Waals surface area contributed by atoms with Crippen molar-refractivity contribution >= 4 is 17.3 Å². The minimum absolute atomic E-state index is 0.0344. The topological polar surface area (TPSA) is 61.6 Å². The summed E-state index contributed by atoms with van der Waals surface area (Å²) in [5, 5.41) is 11.4. The second kappa shape index (κ2) is 6.18. The number of halogens is 1. The molecule has 0 saturated carbocycles. The molecule has 23 heavy (non-hydrogen) atoms. The van der Waals surface area contributed by atoms with Gasteiger partial charge in [-0.25, -0.2) is 0 Å². The summed E-state index contributed by atoms with van der Waals surface area (Å²) in [6.45, 7) is 2.00. The van der Waals surface area contributed by atoms with Crippen LogP contribution in [0.3, 0.4) is 0 Å². The van der Waals surface area contributed by atoms with Crippen LogP contribution in [0.25, 0.3) is 0 Å². The molecule has 0 bridgehead atoms. The van der Waals surface area contributed by atoms with Crippen molar-refractivity contribution in [3.63, 3.8) is 0 Å². The predicted octanol–water partition coefficient (Wildman–Crippen LogP) is 4.31. The van der Waals surface area contributed by atoms with Crippen molar-refractivity contribution in [3.05, 3.63) is 68.2 Å². The number of nitro benzene ring substituents is 1. The highest BCUT2D eigenvalue weighted by Crippen LogP contribution is 2.40. The molecule has 0 fully saturated rings. The van der Waals surface area contributed by atoms with Gasteiger partial charge in [0.15, 0.2) is 0 Å². The van der Waals surface area contributed by atoms with E-state index >= 15 is 0 Å². The van der Waals surface area contributed by atoms with Crippen LogP contribution in [0.15, 0.2) is 36.4 Å². The summed E-state index contributed by atoms with van der Waals surface area (Å²) >= 11 is 6.22. The second-order valence-electron chi connectivity index (χ2n) is 5.57. The van der Waals surface area contributed by atoms with Crippen LogP contribution in [-0.4, -0.2) is 18.1 Å². The van der Waals surface area contributed by atoms with E-state index in [1.807, 2.05) is 19.1 Å². The molecule has 2 atom stereocenters. The Morgan fingerprint density at radius 3 is 2.61 bits per heavy atom. The molecule has 2 aromatic rings. The third-order valence-electron chi connectivity index (χ3n) is 3.98. The van der Waals surface area contributed by atoms with E-state index in [1.54, 1.807) is 19.2 Å². The number of hydrogen-bond acceptors (Lipinski definition) is 4. The second-order valence-corrected chi connectivity index (χ2v) is 5.97. The molecule has 3 rings (SSSR count). The first-order valence-electron chi connectivity index (χ1n) is 7.25. The smallest absolute Gasteiger partial charge is 0.269 e. The third kappa shape index (κ3) is 3.02. The first kappa shape index (κ1) is 15.8. The molecule has 0 amide bonds. The zero-order valence-electron chi connectivity index (χ0n) is 12.8. The average Bonchev–Trinajstić information content (AvgIpc) is 2.53. The number of hydrogen-bond donors (Lipinski definition) is 0. The van der Waals surface area contributed by atoms with Crippen LogP contribution in [0.2, 0.25) is 5.02 Å². The Balaban J connectivity index is 2.05. The van der Waals surface area contributed by atoms with Crippen LogP contribution in [0.4, 0.5) is 5.69 Å². The molecule has 6 heteroatoms. The van der Waals surface area contributed by atoms with E-state index in [2.05, 4.69) is 0 Å². The van der Waals surface area contributed by atoms with Gasteiger partial charge in [-0.15, -0.1) is 0 Å². The van der Waals surface area contributed by atoms with Gasteiger partial charge in [0, 0.05) is 12.1 Å². The monoisotopic (exact) mass is 333 g/mol. The summed E-state index contributed by atoms with van der Waals surface area (Å²) in [6.07, 6.45) is 0.510. The molecule has 2 aromatic carbocycles. The number of nitrogens with zero attached hydrogens (tertiary/aromatic N) is 1. The number of non-ortho nitro benzene ring substituents is 1. The van der Waals surface area contributed by atoms with Crippen LogP contribution in [0.1, 0.15) is 29.7 Å². The number of ether oxygens (including phenoxy) is 2. The lowest BCUT2D eigenvalue weighted by atomic mass is 9.90. The van der Waals surface area contributed by atoms with E-state index in [0.29, 0.717) is 10.8 Å². The highest BCUT2D eigenvalue weighted by atomic mass is 35.5. The highest BCUT2D eigenvalue weighted by Gasteiger charge is 2.28. The summed E-state index contributed by atoms with van der Waals surface area (Å²) in [5.41, 5.74) is 3.02. The van der Waals surface area contributed by atoms with Crippen LogP contribution in [0.5, 0.6) is 5.75 Å². The third-order valence-corrected chi connectivity index (χ3v) is 4.27. The summed E-state index contributed by atoms with van der Waals surface area (Å²) in [4.78, 5) is 10.4. The molecule has 0 spiro atoms. The van der Waals surface area contributed by atoms with E-state index in [0.717, 1.165) is 23.1 Å². The molecule has 0 N–H and O–H groups in total. The minimum Gasteiger partial charge on any atom is -0.495 e. The highest BCUT2D eigenvalue weighted by molar-refractivity contribution is 6.32. The quantitative estimate of drug-likeness (QED) is 0.620. The molecule has 120 valence electrons. The van der Waals surface area contributed by atoms with Crippen molar-refractivity contribution in [1.82, 2.24) is 0 Å². The maximum Gasteiger partial charge on any atom is 0.269 e. The van der Waals surface area contributed by atoms with Crippen molar-refractivity contribution in [2.45, 2.75) is 25.6 Å². The fraction of sp³-hybridized carbons (Fsp3) is 0.294. The fourth-order valence-corrected chi connectivity index (χ4v) is 3.14. The van der Waals surface area contributed by atoms with Gasteiger partial charge in [0.2, 0.25) is 0 Å². The molecule has 0 saturated heterocycles. The standard InChI is InChI=1S/C17H16ClNO4/c1-10-7-12-8-15(18)16(22-2)9-14(12)17(23-10)11-3-5-13(6-4-11)19(20)21/h3-6,8-10,17H,7H2,1-2H3. The summed E-state index contributed by atoms with van der Waals surface area (Å²) in [6, 6.07) is 10.2. The summed E-state index contributed by atoms with van der Waals surface area (Å²) in [5.74, 6) is 0.593. The predicted molar refractivity (Wildman–Crippen MR) is 87.2 cm³/mol. The van der Waals surface area contributed by atoms with Crippen molar-refractivity contribution in [2.24, 2.45) is 0 Å². The fourth-order valence-electron chi connectivity index (χ4n) is 2.88. The average molecular weight is 334 g/mol. The Labute approximate surface area is 138 Å². The molecular formula is C17H16ClNO4. The molecule has 0 radical (unpaired) electrons. The Morgan fingerprint density at radius 2 is 2.00 bits per heavy atom. The van der Waals surface area contributed by atoms with Gasteiger partial charge in [-0.3, -0.25) is 10.1 Å². The van der Waals surface area contributed by atoms with E-state index in [4.69, 9.17) is 21.1 Å². The largest absolute Gasteiger partial charge is 0.495 e. The van der Waals surface area contributed by atoms with Crippen molar-refractivity contribution < 1.29 is 14.4 Å². The van der Waals surface area contributed by atoms with Gasteiger partial charge in [-0.2, -0.15) is 0 Å². The first-order chi connectivity index (χ1) is 11.0. The summed E-state index contributed by atoms with van der Waals surface area (Å²) in [7, 11) is 1.57. The van der Waals surface area contributed by atoms with Gasteiger partial charge in [0.1, 0.15) is 11.9 Å². The van der Waals surface area contributed by atoms with Crippen molar-refractivity contribution in [3.8, 4) is 5.75 Å². The molecule has 0 aliphatic carbocycles. The van der Waals surface area contributed by atoms with Crippen LogP contribution >= 0.6 is 11.6 Å². The van der Waals surface area contributed by atoms with Crippen LogP contribution < -0.4 is 4.74 Å². The van der Waals surface area contributed by atoms with Gasteiger partial charge < -0.3 is 9.47 Å². The van der Waals surface area contributed by atoms with Crippen LogP contribution in [-0.2, 0) is 11.2 Å². The number of benzene rings is 2. The van der Waals surface area contributed by atoms with Gasteiger partial charge in [0.05, 0.1) is 23.2 Å².